The van der Waals surface area contributed by atoms with Crippen molar-refractivity contribution in [2.75, 3.05) is 26.7 Å². The number of carbonyl (C=O) groups excluding carboxylic acids is 2. The number of carbonyl (C=O) groups is 2. The SMILES string of the molecule is CCN(CC)C(=O)C1CC[C@H]2[C@@H]3CN(C)C4=CC(=O)CC[C@]4(C)[C@H]3CC[C@]12C. The van der Waals surface area contributed by atoms with Gasteiger partial charge in [-0.05, 0) is 69.1 Å². The first-order valence-corrected chi connectivity index (χ1v) is 11.5. The van der Waals surface area contributed by atoms with Gasteiger partial charge in [0.1, 0.15) is 0 Å². The third-order valence-corrected chi connectivity index (χ3v) is 9.30. The number of likely N-dealkylation sites (tertiary alicyclic amines) is 1. The number of nitrogens with zero attached hydrogens (tertiary/aromatic N) is 2. The molecule has 156 valence electrons. The van der Waals surface area contributed by atoms with Crippen LogP contribution in [-0.2, 0) is 9.59 Å². The Kier molecular flexibility index (Phi) is 4.91. The van der Waals surface area contributed by atoms with Crippen molar-refractivity contribution in [1.82, 2.24) is 9.80 Å². The van der Waals surface area contributed by atoms with E-state index in [9.17, 15) is 9.59 Å². The molecule has 4 heteroatoms. The molecule has 1 unspecified atom stereocenters. The second-order valence-electron chi connectivity index (χ2n) is 10.4. The Balaban J connectivity index is 1.64. The topological polar surface area (TPSA) is 40.6 Å². The third-order valence-electron chi connectivity index (χ3n) is 9.30. The van der Waals surface area contributed by atoms with Crippen LogP contribution in [0.25, 0.3) is 0 Å². The van der Waals surface area contributed by atoms with Crippen LogP contribution in [0.15, 0.2) is 11.8 Å². The first-order valence-electron chi connectivity index (χ1n) is 11.5. The first-order chi connectivity index (χ1) is 13.3. The van der Waals surface area contributed by atoms with E-state index in [-0.39, 0.29) is 16.7 Å². The van der Waals surface area contributed by atoms with E-state index in [2.05, 4.69) is 39.6 Å². The van der Waals surface area contributed by atoms with Crippen molar-refractivity contribution in [3.05, 3.63) is 11.8 Å². The lowest BCUT2D eigenvalue weighted by Crippen LogP contribution is -2.57. The van der Waals surface area contributed by atoms with Gasteiger partial charge in [0.25, 0.3) is 0 Å². The fraction of sp³-hybridized carbons (Fsp3) is 0.833. The molecule has 1 amide bonds. The minimum Gasteiger partial charge on any atom is -0.377 e. The summed E-state index contributed by atoms with van der Waals surface area (Å²) >= 11 is 0. The van der Waals surface area contributed by atoms with E-state index in [1.165, 1.54) is 18.5 Å². The standard InChI is InChI=1S/C24H38N2O2/c1-6-26(7-2)22(28)20-9-8-18-17-15-25(5)21-14-16(27)10-12-24(21,4)19(17)11-13-23(18,20)3/h14,17-20H,6-13,15H2,1-5H3/t17-,18-,19-,20?,23-,24+/m0/s1. The van der Waals surface area contributed by atoms with Crippen molar-refractivity contribution < 1.29 is 9.59 Å². The highest BCUT2D eigenvalue weighted by atomic mass is 16.2. The number of fused-ring (bicyclic) bond motifs is 5. The smallest absolute Gasteiger partial charge is 0.226 e. The van der Waals surface area contributed by atoms with Crippen LogP contribution in [0.3, 0.4) is 0 Å². The fourth-order valence-corrected chi connectivity index (χ4v) is 7.73. The lowest BCUT2D eigenvalue weighted by atomic mass is 9.49. The summed E-state index contributed by atoms with van der Waals surface area (Å²) in [5.74, 6) is 2.82. The van der Waals surface area contributed by atoms with E-state index >= 15 is 0 Å². The quantitative estimate of drug-likeness (QED) is 0.733. The van der Waals surface area contributed by atoms with Crippen LogP contribution in [0.1, 0.15) is 66.2 Å². The summed E-state index contributed by atoms with van der Waals surface area (Å²) in [6.07, 6.45) is 8.25. The van der Waals surface area contributed by atoms with Crippen LogP contribution in [-0.4, -0.2) is 48.2 Å². The highest BCUT2D eigenvalue weighted by Gasteiger charge is 2.61. The highest BCUT2D eigenvalue weighted by Crippen LogP contribution is 2.65. The van der Waals surface area contributed by atoms with Gasteiger partial charge in [0.15, 0.2) is 5.78 Å². The number of allylic oxidation sites excluding steroid dienone is 2. The second kappa shape index (κ2) is 6.88. The van der Waals surface area contributed by atoms with Crippen molar-refractivity contribution in [3.8, 4) is 0 Å². The van der Waals surface area contributed by atoms with E-state index in [4.69, 9.17) is 0 Å². The summed E-state index contributed by atoms with van der Waals surface area (Å²) in [6.45, 7) is 11.7. The van der Waals surface area contributed by atoms with Gasteiger partial charge in [-0.1, -0.05) is 13.8 Å². The van der Waals surface area contributed by atoms with Gasteiger partial charge >= 0.3 is 0 Å². The molecule has 4 nitrogen and oxygen atoms in total. The van der Waals surface area contributed by atoms with E-state index in [1.54, 1.807) is 0 Å². The van der Waals surface area contributed by atoms with Gasteiger partial charge in [-0.15, -0.1) is 0 Å². The predicted octanol–water partition coefficient (Wildman–Crippen LogP) is 4.11. The van der Waals surface area contributed by atoms with Crippen LogP contribution in [0, 0.1) is 34.5 Å². The zero-order valence-electron chi connectivity index (χ0n) is 18.5. The van der Waals surface area contributed by atoms with Crippen LogP contribution in [0.2, 0.25) is 0 Å². The van der Waals surface area contributed by atoms with E-state index < -0.39 is 0 Å². The maximum absolute atomic E-state index is 13.3. The Hall–Kier alpha value is -1.32. The Morgan fingerprint density at radius 1 is 1.14 bits per heavy atom. The number of piperidine rings is 1. The van der Waals surface area contributed by atoms with E-state index in [0.717, 1.165) is 38.9 Å². The van der Waals surface area contributed by atoms with E-state index in [0.29, 0.717) is 35.9 Å². The average molecular weight is 387 g/mol. The van der Waals surface area contributed by atoms with Crippen LogP contribution < -0.4 is 0 Å². The minimum absolute atomic E-state index is 0.133. The maximum atomic E-state index is 13.3. The van der Waals surface area contributed by atoms with Crippen LogP contribution >= 0.6 is 0 Å². The van der Waals surface area contributed by atoms with Gasteiger partial charge in [-0.25, -0.2) is 0 Å². The molecular formula is C24H38N2O2. The maximum Gasteiger partial charge on any atom is 0.226 e. The number of amides is 1. The molecule has 1 heterocycles. The molecule has 6 atom stereocenters. The highest BCUT2D eigenvalue weighted by molar-refractivity contribution is 5.91. The molecule has 4 aliphatic rings. The molecule has 0 aromatic carbocycles. The lowest BCUT2D eigenvalue weighted by Gasteiger charge is -2.60. The van der Waals surface area contributed by atoms with E-state index in [1.807, 2.05) is 11.0 Å². The Bertz CT molecular complexity index is 697. The number of rotatable bonds is 3. The molecule has 3 aliphatic carbocycles. The molecule has 0 aromatic heterocycles. The Morgan fingerprint density at radius 2 is 1.86 bits per heavy atom. The van der Waals surface area contributed by atoms with Crippen molar-refractivity contribution in [2.24, 2.45) is 34.5 Å². The zero-order valence-corrected chi connectivity index (χ0v) is 18.5. The molecule has 1 saturated heterocycles. The number of hydrogen-bond acceptors (Lipinski definition) is 3. The molecule has 0 aromatic rings. The molecule has 28 heavy (non-hydrogen) atoms. The lowest BCUT2D eigenvalue weighted by molar-refractivity contribution is -0.143. The van der Waals surface area contributed by atoms with Crippen molar-refractivity contribution >= 4 is 11.7 Å². The van der Waals surface area contributed by atoms with Gasteiger partial charge in [0, 0.05) is 56.2 Å². The molecule has 3 fully saturated rings. The number of hydrogen-bond donors (Lipinski definition) is 0. The Labute approximate surface area is 170 Å². The molecule has 4 rings (SSSR count). The van der Waals surface area contributed by atoms with Crippen molar-refractivity contribution in [3.63, 3.8) is 0 Å². The summed E-state index contributed by atoms with van der Waals surface area (Å²) in [4.78, 5) is 29.8. The normalized spacial score (nSPS) is 42.4. The largest absolute Gasteiger partial charge is 0.377 e. The average Bonchev–Trinajstić information content (AvgIpc) is 3.01. The Morgan fingerprint density at radius 3 is 2.54 bits per heavy atom. The monoisotopic (exact) mass is 386 g/mol. The summed E-state index contributed by atoms with van der Waals surface area (Å²) in [7, 11) is 2.18. The van der Waals surface area contributed by atoms with Crippen molar-refractivity contribution in [2.45, 2.75) is 66.2 Å². The van der Waals surface area contributed by atoms with Gasteiger partial charge in [-0.2, -0.15) is 0 Å². The van der Waals surface area contributed by atoms with Gasteiger partial charge < -0.3 is 9.80 Å². The molecule has 1 aliphatic heterocycles. The van der Waals surface area contributed by atoms with Crippen LogP contribution in [0.5, 0.6) is 0 Å². The van der Waals surface area contributed by atoms with Crippen molar-refractivity contribution in [1.29, 1.82) is 0 Å². The second-order valence-corrected chi connectivity index (χ2v) is 10.4. The molecule has 0 N–H and O–H groups in total. The molecular weight excluding hydrogens is 348 g/mol. The predicted molar refractivity (Wildman–Crippen MR) is 112 cm³/mol. The summed E-state index contributed by atoms with van der Waals surface area (Å²) < 4.78 is 0. The van der Waals surface area contributed by atoms with Crippen LogP contribution in [0.4, 0.5) is 0 Å². The number of ketones is 1. The molecule has 0 bridgehead atoms. The molecule has 0 spiro atoms. The van der Waals surface area contributed by atoms with Gasteiger partial charge in [0.2, 0.25) is 5.91 Å². The fourth-order valence-electron chi connectivity index (χ4n) is 7.73. The molecule has 2 saturated carbocycles. The van der Waals surface area contributed by atoms with Gasteiger partial charge in [-0.3, -0.25) is 9.59 Å². The molecule has 0 radical (unpaired) electrons. The zero-order chi connectivity index (χ0) is 20.3. The summed E-state index contributed by atoms with van der Waals surface area (Å²) in [5.41, 5.74) is 1.56. The summed E-state index contributed by atoms with van der Waals surface area (Å²) in [6, 6.07) is 0. The third kappa shape index (κ3) is 2.69. The minimum atomic E-state index is 0.133. The first kappa shape index (κ1) is 20.0. The van der Waals surface area contributed by atoms with Gasteiger partial charge in [0.05, 0.1) is 0 Å². The summed E-state index contributed by atoms with van der Waals surface area (Å²) in [5, 5.41) is 0.